The molecule has 0 saturated carbocycles. The SMILES string of the molecule is CSc1ccc(Cl)c(C(=O)N2CCCC(C)(O)C2)c1. The van der Waals surface area contributed by atoms with Crippen LogP contribution in [0.2, 0.25) is 5.02 Å². The fourth-order valence-corrected chi connectivity index (χ4v) is 3.00. The number of β-amino-alcohol motifs (C(OH)–C–C–N with tert-alkyl or cyclic N) is 1. The number of hydrogen-bond donors (Lipinski definition) is 1. The van der Waals surface area contributed by atoms with E-state index in [-0.39, 0.29) is 5.91 Å². The van der Waals surface area contributed by atoms with Crippen LogP contribution in [-0.2, 0) is 0 Å². The van der Waals surface area contributed by atoms with Gasteiger partial charge in [0.2, 0.25) is 0 Å². The normalized spacial score (nSPS) is 23.5. The van der Waals surface area contributed by atoms with Gasteiger partial charge in [-0.2, -0.15) is 0 Å². The molecule has 1 N–H and O–H groups in total. The maximum Gasteiger partial charge on any atom is 0.255 e. The Balaban J connectivity index is 2.24. The number of hydrogen-bond acceptors (Lipinski definition) is 3. The van der Waals surface area contributed by atoms with Crippen LogP contribution >= 0.6 is 23.4 Å². The molecule has 1 unspecified atom stereocenters. The highest BCUT2D eigenvalue weighted by molar-refractivity contribution is 7.98. The number of carbonyl (C=O) groups is 1. The topological polar surface area (TPSA) is 40.5 Å². The van der Waals surface area contributed by atoms with Gasteiger partial charge in [-0.3, -0.25) is 4.79 Å². The number of thioether (sulfide) groups is 1. The molecular weight excluding hydrogens is 282 g/mol. The van der Waals surface area contributed by atoms with Crippen LogP contribution in [0.3, 0.4) is 0 Å². The van der Waals surface area contributed by atoms with Gasteiger partial charge in [0.05, 0.1) is 16.2 Å². The van der Waals surface area contributed by atoms with Crippen molar-refractivity contribution in [2.24, 2.45) is 0 Å². The van der Waals surface area contributed by atoms with Gasteiger partial charge in [0, 0.05) is 18.0 Å². The number of amides is 1. The molecule has 1 atom stereocenters. The Hall–Kier alpha value is -0.710. The Labute approximate surface area is 122 Å². The van der Waals surface area contributed by atoms with Crippen LogP contribution in [0.25, 0.3) is 0 Å². The number of benzene rings is 1. The van der Waals surface area contributed by atoms with Crippen molar-refractivity contribution in [3.05, 3.63) is 28.8 Å². The molecule has 1 aromatic carbocycles. The smallest absolute Gasteiger partial charge is 0.255 e. The van der Waals surface area contributed by atoms with Gasteiger partial charge in [-0.25, -0.2) is 0 Å². The second-order valence-corrected chi connectivity index (χ2v) is 6.46. The van der Waals surface area contributed by atoms with E-state index in [1.165, 1.54) is 0 Å². The van der Waals surface area contributed by atoms with Crippen molar-refractivity contribution < 1.29 is 9.90 Å². The van der Waals surface area contributed by atoms with E-state index >= 15 is 0 Å². The molecular formula is C14H18ClNO2S. The van der Waals surface area contributed by atoms with E-state index in [4.69, 9.17) is 11.6 Å². The first kappa shape index (κ1) is 14.7. The zero-order valence-corrected chi connectivity index (χ0v) is 12.7. The Morgan fingerprint density at radius 1 is 1.53 bits per heavy atom. The highest BCUT2D eigenvalue weighted by Crippen LogP contribution is 2.27. The lowest BCUT2D eigenvalue weighted by atomic mass is 9.94. The Bertz CT molecular complexity index is 490. The van der Waals surface area contributed by atoms with Crippen LogP contribution < -0.4 is 0 Å². The van der Waals surface area contributed by atoms with E-state index in [0.29, 0.717) is 23.7 Å². The number of likely N-dealkylation sites (tertiary alicyclic amines) is 1. The maximum absolute atomic E-state index is 12.5. The van der Waals surface area contributed by atoms with Crippen molar-refractivity contribution in [1.82, 2.24) is 4.90 Å². The average Bonchev–Trinajstić information content (AvgIpc) is 2.37. The van der Waals surface area contributed by atoms with Gasteiger partial charge in [0.15, 0.2) is 0 Å². The van der Waals surface area contributed by atoms with Gasteiger partial charge in [0.1, 0.15) is 0 Å². The lowest BCUT2D eigenvalue weighted by Crippen LogP contribution is -2.48. The summed E-state index contributed by atoms with van der Waals surface area (Å²) in [6, 6.07) is 5.47. The highest BCUT2D eigenvalue weighted by atomic mass is 35.5. The minimum absolute atomic E-state index is 0.0964. The highest BCUT2D eigenvalue weighted by Gasteiger charge is 2.31. The Morgan fingerprint density at radius 2 is 2.26 bits per heavy atom. The van der Waals surface area contributed by atoms with E-state index in [1.807, 2.05) is 18.4 Å². The molecule has 1 aliphatic heterocycles. The van der Waals surface area contributed by atoms with Gasteiger partial charge >= 0.3 is 0 Å². The molecule has 1 saturated heterocycles. The molecule has 5 heteroatoms. The first-order valence-electron chi connectivity index (χ1n) is 6.28. The minimum atomic E-state index is -0.794. The number of piperidine rings is 1. The van der Waals surface area contributed by atoms with E-state index in [1.54, 1.807) is 29.7 Å². The number of nitrogens with zero attached hydrogens (tertiary/aromatic N) is 1. The summed E-state index contributed by atoms with van der Waals surface area (Å²) in [5, 5.41) is 10.5. The van der Waals surface area contributed by atoms with Crippen LogP contribution in [0.5, 0.6) is 0 Å². The molecule has 1 aliphatic rings. The summed E-state index contributed by atoms with van der Waals surface area (Å²) in [4.78, 5) is 15.2. The summed E-state index contributed by atoms with van der Waals surface area (Å²) in [6.07, 6.45) is 3.51. The standard InChI is InChI=1S/C14H18ClNO2S/c1-14(18)6-3-7-16(9-14)13(17)11-8-10(19-2)4-5-12(11)15/h4-5,8,18H,3,6-7,9H2,1-2H3. The summed E-state index contributed by atoms with van der Waals surface area (Å²) in [5.41, 5.74) is -0.274. The lowest BCUT2D eigenvalue weighted by molar-refractivity contribution is -0.0107. The zero-order chi connectivity index (χ0) is 14.0. The third kappa shape index (κ3) is 3.44. The molecule has 0 spiro atoms. The predicted octanol–water partition coefficient (Wildman–Crippen LogP) is 3.05. The largest absolute Gasteiger partial charge is 0.388 e. The fraction of sp³-hybridized carbons (Fsp3) is 0.500. The van der Waals surface area contributed by atoms with E-state index < -0.39 is 5.60 Å². The third-order valence-corrected chi connectivity index (χ3v) is 4.42. The predicted molar refractivity (Wildman–Crippen MR) is 79.0 cm³/mol. The molecule has 0 bridgehead atoms. The van der Waals surface area contributed by atoms with Gasteiger partial charge in [-0.1, -0.05) is 11.6 Å². The number of carbonyl (C=O) groups excluding carboxylic acids is 1. The van der Waals surface area contributed by atoms with Crippen molar-refractivity contribution in [1.29, 1.82) is 0 Å². The van der Waals surface area contributed by atoms with Crippen LogP contribution in [0, 0.1) is 0 Å². The van der Waals surface area contributed by atoms with Gasteiger partial charge < -0.3 is 10.0 Å². The summed E-state index contributed by atoms with van der Waals surface area (Å²) < 4.78 is 0. The first-order valence-corrected chi connectivity index (χ1v) is 7.88. The molecule has 1 amide bonds. The molecule has 2 rings (SSSR count). The van der Waals surface area contributed by atoms with E-state index in [9.17, 15) is 9.90 Å². The van der Waals surface area contributed by atoms with Crippen molar-refractivity contribution >= 4 is 29.3 Å². The molecule has 1 heterocycles. The van der Waals surface area contributed by atoms with Crippen molar-refractivity contribution in [3.63, 3.8) is 0 Å². The van der Waals surface area contributed by atoms with Gasteiger partial charge in [-0.05, 0) is 44.2 Å². The zero-order valence-electron chi connectivity index (χ0n) is 11.1. The molecule has 0 aliphatic carbocycles. The molecule has 1 aromatic rings. The Morgan fingerprint density at radius 3 is 2.89 bits per heavy atom. The summed E-state index contributed by atoms with van der Waals surface area (Å²) in [7, 11) is 0. The molecule has 19 heavy (non-hydrogen) atoms. The number of rotatable bonds is 2. The van der Waals surface area contributed by atoms with Crippen LogP contribution in [0.1, 0.15) is 30.1 Å². The summed E-state index contributed by atoms with van der Waals surface area (Å²) in [6.45, 7) is 2.81. The van der Waals surface area contributed by atoms with Crippen LogP contribution in [0.15, 0.2) is 23.1 Å². The second-order valence-electron chi connectivity index (χ2n) is 5.17. The van der Waals surface area contributed by atoms with E-state index in [0.717, 1.165) is 17.7 Å². The molecule has 3 nitrogen and oxygen atoms in total. The fourth-order valence-electron chi connectivity index (χ4n) is 2.36. The molecule has 0 aromatic heterocycles. The van der Waals surface area contributed by atoms with Crippen molar-refractivity contribution in [3.8, 4) is 0 Å². The monoisotopic (exact) mass is 299 g/mol. The number of halogens is 1. The molecule has 0 radical (unpaired) electrons. The lowest BCUT2D eigenvalue weighted by Gasteiger charge is -2.37. The van der Waals surface area contributed by atoms with Gasteiger partial charge in [0.25, 0.3) is 5.91 Å². The van der Waals surface area contributed by atoms with Crippen molar-refractivity contribution in [2.45, 2.75) is 30.3 Å². The first-order chi connectivity index (χ1) is 8.93. The summed E-state index contributed by atoms with van der Waals surface area (Å²) >= 11 is 7.70. The van der Waals surface area contributed by atoms with Crippen LogP contribution in [0.4, 0.5) is 0 Å². The molecule has 1 fully saturated rings. The average molecular weight is 300 g/mol. The third-order valence-electron chi connectivity index (χ3n) is 3.37. The van der Waals surface area contributed by atoms with E-state index in [2.05, 4.69) is 0 Å². The quantitative estimate of drug-likeness (QED) is 0.853. The molecule has 104 valence electrons. The minimum Gasteiger partial charge on any atom is -0.388 e. The number of aliphatic hydroxyl groups is 1. The Kier molecular flexibility index (Phi) is 4.43. The van der Waals surface area contributed by atoms with Crippen LogP contribution in [-0.4, -0.2) is 40.9 Å². The van der Waals surface area contributed by atoms with Gasteiger partial charge in [-0.15, -0.1) is 11.8 Å². The second kappa shape index (κ2) is 5.73. The maximum atomic E-state index is 12.5. The summed E-state index contributed by atoms with van der Waals surface area (Å²) in [5.74, 6) is -0.0964. The van der Waals surface area contributed by atoms with Crippen molar-refractivity contribution in [2.75, 3.05) is 19.3 Å².